The van der Waals surface area contributed by atoms with E-state index in [0.717, 1.165) is 32.4 Å². The third kappa shape index (κ3) is 5.91. The van der Waals surface area contributed by atoms with Gasteiger partial charge in [0.25, 0.3) is 0 Å². The normalized spacial score (nSPS) is 21.1. The Bertz CT molecular complexity index is 269. The molecule has 0 aromatic rings. The fraction of sp³-hybridized carbons (Fsp3) is 0.933. The third-order valence-electron chi connectivity index (χ3n) is 3.66. The van der Waals surface area contributed by atoms with Gasteiger partial charge in [0, 0.05) is 19.1 Å². The van der Waals surface area contributed by atoms with Crippen LogP contribution in [0.25, 0.3) is 0 Å². The minimum absolute atomic E-state index is 0.245. The van der Waals surface area contributed by atoms with Crippen molar-refractivity contribution in [3.8, 4) is 0 Å². The van der Waals surface area contributed by atoms with Crippen molar-refractivity contribution >= 4 is 5.91 Å². The van der Waals surface area contributed by atoms with Crippen LogP contribution in [0.3, 0.4) is 0 Å². The van der Waals surface area contributed by atoms with Gasteiger partial charge in [-0.25, -0.2) is 0 Å². The van der Waals surface area contributed by atoms with E-state index < -0.39 is 0 Å². The van der Waals surface area contributed by atoms with Gasteiger partial charge in [-0.3, -0.25) is 4.79 Å². The molecule has 0 aromatic carbocycles. The number of likely N-dealkylation sites (tertiary alicyclic amines) is 1. The molecule has 1 aliphatic rings. The number of carbonyl (C=O) groups is 1. The molecule has 2 atom stereocenters. The number of nitrogens with one attached hydrogen (secondary N) is 1. The molecule has 1 saturated heterocycles. The van der Waals surface area contributed by atoms with Gasteiger partial charge in [-0.2, -0.15) is 0 Å². The molecule has 19 heavy (non-hydrogen) atoms. The Morgan fingerprint density at radius 2 is 2.16 bits per heavy atom. The van der Waals surface area contributed by atoms with Gasteiger partial charge in [0.05, 0.1) is 19.1 Å². The summed E-state index contributed by atoms with van der Waals surface area (Å²) in [6.07, 6.45) is 4.07. The molecular formula is C15H30N2O2. The van der Waals surface area contributed by atoms with Crippen molar-refractivity contribution < 1.29 is 9.53 Å². The average Bonchev–Trinajstić information content (AvgIpc) is 2.76. The molecule has 1 N–H and O–H groups in total. The highest BCUT2D eigenvalue weighted by Crippen LogP contribution is 2.17. The summed E-state index contributed by atoms with van der Waals surface area (Å²) < 4.78 is 5.72. The minimum Gasteiger partial charge on any atom is -0.378 e. The van der Waals surface area contributed by atoms with Crippen molar-refractivity contribution in [2.24, 2.45) is 5.92 Å². The molecule has 0 radical (unpaired) electrons. The second-order valence-corrected chi connectivity index (χ2v) is 6.00. The van der Waals surface area contributed by atoms with Crippen LogP contribution in [-0.2, 0) is 9.53 Å². The zero-order valence-electron chi connectivity index (χ0n) is 12.9. The zero-order chi connectivity index (χ0) is 14.3. The van der Waals surface area contributed by atoms with Gasteiger partial charge in [0.1, 0.15) is 0 Å². The topological polar surface area (TPSA) is 41.6 Å². The smallest absolute Gasteiger partial charge is 0.225 e. The Hall–Kier alpha value is -0.610. The van der Waals surface area contributed by atoms with Crippen molar-refractivity contribution in [3.05, 3.63) is 0 Å². The van der Waals surface area contributed by atoms with Crippen LogP contribution in [0.1, 0.15) is 46.5 Å². The minimum atomic E-state index is 0.245. The van der Waals surface area contributed by atoms with Crippen LogP contribution in [0.15, 0.2) is 0 Å². The van der Waals surface area contributed by atoms with Crippen molar-refractivity contribution in [1.29, 1.82) is 0 Å². The van der Waals surface area contributed by atoms with E-state index in [1.807, 2.05) is 11.9 Å². The lowest BCUT2D eigenvalue weighted by molar-refractivity contribution is -0.133. The summed E-state index contributed by atoms with van der Waals surface area (Å²) in [5, 5.41) is 3.17. The summed E-state index contributed by atoms with van der Waals surface area (Å²) in [7, 11) is 1.94. The number of amides is 1. The molecular weight excluding hydrogens is 240 g/mol. The van der Waals surface area contributed by atoms with Gasteiger partial charge < -0.3 is 15.0 Å². The van der Waals surface area contributed by atoms with Crippen LogP contribution in [0, 0.1) is 5.92 Å². The maximum absolute atomic E-state index is 12.2. The van der Waals surface area contributed by atoms with Crippen LogP contribution >= 0.6 is 0 Å². The number of carbonyl (C=O) groups excluding carboxylic acids is 1. The van der Waals surface area contributed by atoms with E-state index in [0.29, 0.717) is 25.0 Å². The SMILES string of the molecule is CNCC1CCCN1C(=O)CCOC(C)CC(C)C. The molecule has 0 bridgehead atoms. The van der Waals surface area contributed by atoms with Crippen LogP contribution in [0.5, 0.6) is 0 Å². The van der Waals surface area contributed by atoms with E-state index in [4.69, 9.17) is 4.74 Å². The Morgan fingerprint density at radius 3 is 2.79 bits per heavy atom. The van der Waals surface area contributed by atoms with Gasteiger partial charge in [-0.15, -0.1) is 0 Å². The molecule has 1 amide bonds. The third-order valence-corrected chi connectivity index (χ3v) is 3.66. The zero-order valence-corrected chi connectivity index (χ0v) is 12.9. The first-order valence-corrected chi connectivity index (χ1v) is 7.60. The molecule has 0 aliphatic carbocycles. The van der Waals surface area contributed by atoms with Gasteiger partial charge >= 0.3 is 0 Å². The number of ether oxygens (including phenoxy) is 1. The number of likely N-dealkylation sites (N-methyl/N-ethyl adjacent to an activating group) is 1. The summed E-state index contributed by atoms with van der Waals surface area (Å²) in [4.78, 5) is 14.2. The highest BCUT2D eigenvalue weighted by atomic mass is 16.5. The largest absolute Gasteiger partial charge is 0.378 e. The first-order chi connectivity index (χ1) is 9.04. The summed E-state index contributed by atoms with van der Waals surface area (Å²) in [6.45, 7) is 8.83. The average molecular weight is 270 g/mol. The van der Waals surface area contributed by atoms with E-state index in [-0.39, 0.29) is 12.0 Å². The van der Waals surface area contributed by atoms with Crippen molar-refractivity contribution in [3.63, 3.8) is 0 Å². The number of rotatable bonds is 8. The number of hydrogen-bond donors (Lipinski definition) is 1. The van der Waals surface area contributed by atoms with E-state index in [1.165, 1.54) is 0 Å². The van der Waals surface area contributed by atoms with Crippen molar-refractivity contribution in [1.82, 2.24) is 10.2 Å². The lowest BCUT2D eigenvalue weighted by atomic mass is 10.1. The number of nitrogens with zero attached hydrogens (tertiary/aromatic N) is 1. The van der Waals surface area contributed by atoms with Gasteiger partial charge in [0.2, 0.25) is 5.91 Å². The second-order valence-electron chi connectivity index (χ2n) is 6.00. The second kappa shape index (κ2) is 8.54. The summed E-state index contributed by atoms with van der Waals surface area (Å²) >= 11 is 0. The maximum atomic E-state index is 12.2. The number of hydrogen-bond acceptors (Lipinski definition) is 3. The molecule has 1 fully saturated rings. The lowest BCUT2D eigenvalue weighted by Crippen LogP contribution is -2.41. The molecule has 4 nitrogen and oxygen atoms in total. The first kappa shape index (κ1) is 16.4. The Labute approximate surface area is 117 Å². The molecule has 112 valence electrons. The van der Waals surface area contributed by atoms with Crippen molar-refractivity contribution in [2.75, 3.05) is 26.7 Å². The van der Waals surface area contributed by atoms with E-state index in [1.54, 1.807) is 0 Å². The quantitative estimate of drug-likeness (QED) is 0.734. The molecule has 4 heteroatoms. The summed E-state index contributed by atoms with van der Waals surface area (Å²) in [6, 6.07) is 0.380. The molecule has 0 aromatic heterocycles. The van der Waals surface area contributed by atoms with Crippen LogP contribution in [-0.4, -0.2) is 49.7 Å². The van der Waals surface area contributed by atoms with E-state index in [2.05, 4.69) is 26.1 Å². The molecule has 1 rings (SSSR count). The molecule has 2 unspecified atom stereocenters. The van der Waals surface area contributed by atoms with E-state index >= 15 is 0 Å². The molecule has 0 saturated carbocycles. The Kier molecular flexibility index (Phi) is 7.39. The summed E-state index contributed by atoms with van der Waals surface area (Å²) in [5.41, 5.74) is 0. The molecule has 1 heterocycles. The van der Waals surface area contributed by atoms with Gasteiger partial charge in [-0.1, -0.05) is 13.8 Å². The standard InChI is InChI=1S/C15H30N2O2/c1-12(2)10-13(3)19-9-7-15(18)17-8-5-6-14(17)11-16-4/h12-14,16H,5-11H2,1-4H3. The highest BCUT2D eigenvalue weighted by Gasteiger charge is 2.27. The Balaban J connectivity index is 2.23. The van der Waals surface area contributed by atoms with E-state index in [9.17, 15) is 4.79 Å². The molecule has 1 aliphatic heterocycles. The van der Waals surface area contributed by atoms with Gasteiger partial charge in [0.15, 0.2) is 0 Å². The molecule has 0 spiro atoms. The van der Waals surface area contributed by atoms with Crippen LogP contribution in [0.4, 0.5) is 0 Å². The predicted octanol–water partition coefficient (Wildman–Crippen LogP) is 2.04. The monoisotopic (exact) mass is 270 g/mol. The van der Waals surface area contributed by atoms with Gasteiger partial charge in [-0.05, 0) is 39.2 Å². The first-order valence-electron chi connectivity index (χ1n) is 7.60. The maximum Gasteiger partial charge on any atom is 0.225 e. The predicted molar refractivity (Wildman–Crippen MR) is 78.1 cm³/mol. The highest BCUT2D eigenvalue weighted by molar-refractivity contribution is 5.77. The van der Waals surface area contributed by atoms with Crippen LogP contribution < -0.4 is 5.32 Å². The Morgan fingerprint density at radius 1 is 1.42 bits per heavy atom. The fourth-order valence-corrected chi connectivity index (χ4v) is 2.83. The van der Waals surface area contributed by atoms with Crippen LogP contribution in [0.2, 0.25) is 0 Å². The van der Waals surface area contributed by atoms with Crippen molar-refractivity contribution in [2.45, 2.75) is 58.6 Å². The summed E-state index contributed by atoms with van der Waals surface area (Å²) in [5.74, 6) is 0.888. The lowest BCUT2D eigenvalue weighted by Gasteiger charge is -2.25. The fourth-order valence-electron chi connectivity index (χ4n) is 2.83.